The van der Waals surface area contributed by atoms with Gasteiger partial charge in [-0.1, -0.05) is 30.9 Å². The number of aliphatic imine (C=N–C) groups is 1. The topological polar surface area (TPSA) is 62.9 Å². The van der Waals surface area contributed by atoms with Crippen LogP contribution in [0.15, 0.2) is 23.2 Å². The minimum Gasteiger partial charge on any atom is -0.495 e. The Balaban J connectivity index is 0.00000261. The Bertz CT molecular complexity index is 634. The molecule has 1 saturated carbocycles. The number of thioether (sulfide) groups is 1. The lowest BCUT2D eigenvalue weighted by Crippen LogP contribution is -2.55. The van der Waals surface area contributed by atoms with E-state index in [2.05, 4.69) is 22.0 Å². The van der Waals surface area contributed by atoms with E-state index in [1.807, 2.05) is 12.1 Å². The quantitative estimate of drug-likeness (QED) is 0.339. The van der Waals surface area contributed by atoms with E-state index in [-0.39, 0.29) is 29.5 Å². The van der Waals surface area contributed by atoms with Crippen molar-refractivity contribution in [2.24, 2.45) is 10.7 Å². The minimum atomic E-state index is 0. The van der Waals surface area contributed by atoms with E-state index in [0.717, 1.165) is 12.2 Å². The predicted octanol–water partition coefficient (Wildman–Crippen LogP) is 4.44. The van der Waals surface area contributed by atoms with Crippen LogP contribution in [0.3, 0.4) is 0 Å². The fourth-order valence-electron chi connectivity index (χ4n) is 3.99. The Morgan fingerprint density at radius 1 is 1.30 bits per heavy atom. The van der Waals surface area contributed by atoms with Gasteiger partial charge in [-0.3, -0.25) is 9.89 Å². The van der Waals surface area contributed by atoms with Crippen LogP contribution in [0, 0.1) is 0 Å². The van der Waals surface area contributed by atoms with Gasteiger partial charge in [-0.15, -0.1) is 24.0 Å². The minimum absolute atomic E-state index is 0. The fraction of sp³-hybridized carbons (Fsp3) is 0.632. The first-order valence-electron chi connectivity index (χ1n) is 9.36. The summed E-state index contributed by atoms with van der Waals surface area (Å²) in [5.41, 5.74) is 7.18. The van der Waals surface area contributed by atoms with E-state index in [9.17, 15) is 0 Å². The molecule has 1 aliphatic heterocycles. The molecule has 1 heterocycles. The molecule has 2 fully saturated rings. The standard InChI is InChI=1S/C19H29ClN4OS.HI/c1-25-17-6-5-15(13-16(17)20)23-18(21)22-14-19(7-3-2-4-8-19)24-9-11-26-12-10-24;/h5-6,13H,2-4,7-12,14H2,1H3,(H3,21,22,23);1H. The van der Waals surface area contributed by atoms with Gasteiger partial charge in [-0.2, -0.15) is 11.8 Å². The van der Waals surface area contributed by atoms with Crippen molar-refractivity contribution in [3.8, 4) is 5.75 Å². The fourth-order valence-corrected chi connectivity index (χ4v) is 5.15. The number of guanidine groups is 1. The van der Waals surface area contributed by atoms with E-state index in [4.69, 9.17) is 27.1 Å². The van der Waals surface area contributed by atoms with Crippen LogP contribution in [0.2, 0.25) is 5.02 Å². The first-order valence-corrected chi connectivity index (χ1v) is 10.9. The van der Waals surface area contributed by atoms with Gasteiger partial charge in [0.15, 0.2) is 5.96 Å². The normalized spacial score (nSPS) is 20.6. The number of nitrogens with zero attached hydrogens (tertiary/aromatic N) is 2. The lowest BCUT2D eigenvalue weighted by atomic mass is 9.80. The van der Waals surface area contributed by atoms with Crippen LogP contribution < -0.4 is 15.8 Å². The molecule has 5 nitrogen and oxygen atoms in total. The molecule has 1 aromatic rings. The number of methoxy groups -OCH3 is 1. The highest BCUT2D eigenvalue weighted by Gasteiger charge is 2.38. The maximum Gasteiger partial charge on any atom is 0.193 e. The molecule has 0 spiro atoms. The summed E-state index contributed by atoms with van der Waals surface area (Å²) < 4.78 is 5.18. The van der Waals surface area contributed by atoms with Crippen molar-refractivity contribution in [2.75, 3.05) is 43.6 Å². The first kappa shape index (κ1) is 22.9. The predicted molar refractivity (Wildman–Crippen MR) is 128 cm³/mol. The summed E-state index contributed by atoms with van der Waals surface area (Å²) in [4.78, 5) is 7.39. The van der Waals surface area contributed by atoms with Crippen LogP contribution in [-0.4, -0.2) is 54.6 Å². The summed E-state index contributed by atoms with van der Waals surface area (Å²) in [6.07, 6.45) is 6.37. The van der Waals surface area contributed by atoms with Crippen LogP contribution in [0.25, 0.3) is 0 Å². The maximum absolute atomic E-state index is 6.18. The van der Waals surface area contributed by atoms with E-state index in [1.165, 1.54) is 56.7 Å². The van der Waals surface area contributed by atoms with Gasteiger partial charge in [0.2, 0.25) is 0 Å². The number of hydrogen-bond donors (Lipinski definition) is 2. The number of halogens is 2. The Kier molecular flexibility index (Phi) is 9.31. The summed E-state index contributed by atoms with van der Waals surface area (Å²) >= 11 is 8.24. The third kappa shape index (κ3) is 6.05. The summed E-state index contributed by atoms with van der Waals surface area (Å²) in [7, 11) is 1.60. The van der Waals surface area contributed by atoms with Gasteiger partial charge >= 0.3 is 0 Å². The van der Waals surface area contributed by atoms with Gasteiger partial charge in [0.25, 0.3) is 0 Å². The summed E-state index contributed by atoms with van der Waals surface area (Å²) in [6, 6.07) is 5.53. The van der Waals surface area contributed by atoms with Crippen molar-refractivity contribution in [3.05, 3.63) is 23.2 Å². The Labute approximate surface area is 188 Å². The second kappa shape index (κ2) is 11.0. The molecule has 0 radical (unpaired) electrons. The molecule has 1 saturated heterocycles. The van der Waals surface area contributed by atoms with Crippen molar-refractivity contribution >= 4 is 59.0 Å². The summed E-state index contributed by atoms with van der Waals surface area (Å²) in [6.45, 7) is 3.10. The SMILES string of the molecule is COc1ccc(NC(N)=NCC2(N3CCSCC3)CCCCC2)cc1Cl.I. The molecule has 1 aromatic carbocycles. The van der Waals surface area contributed by atoms with Gasteiger partial charge in [0.1, 0.15) is 5.75 Å². The van der Waals surface area contributed by atoms with Crippen molar-refractivity contribution < 1.29 is 4.74 Å². The molecule has 3 rings (SSSR count). The van der Waals surface area contributed by atoms with Crippen molar-refractivity contribution in [2.45, 2.75) is 37.6 Å². The average Bonchev–Trinajstić information content (AvgIpc) is 2.68. The number of ether oxygens (including phenoxy) is 1. The zero-order valence-corrected chi connectivity index (χ0v) is 19.8. The molecule has 0 amide bonds. The zero-order valence-electron chi connectivity index (χ0n) is 15.9. The van der Waals surface area contributed by atoms with Crippen LogP contribution in [-0.2, 0) is 0 Å². The molecular formula is C19H30ClIN4OS. The lowest BCUT2D eigenvalue weighted by molar-refractivity contribution is 0.0673. The van der Waals surface area contributed by atoms with E-state index < -0.39 is 0 Å². The van der Waals surface area contributed by atoms with E-state index in [1.54, 1.807) is 13.2 Å². The van der Waals surface area contributed by atoms with Crippen molar-refractivity contribution in [1.29, 1.82) is 0 Å². The molecule has 0 unspecified atom stereocenters. The third-order valence-corrected chi connectivity index (χ3v) is 6.67. The molecule has 152 valence electrons. The molecular weight excluding hydrogens is 495 g/mol. The second-order valence-corrected chi connectivity index (χ2v) is 8.69. The average molecular weight is 525 g/mol. The van der Waals surface area contributed by atoms with Crippen LogP contribution in [0.5, 0.6) is 5.75 Å². The Hall–Kier alpha value is -0.380. The summed E-state index contributed by atoms with van der Waals surface area (Å²) in [5, 5.41) is 3.71. The number of benzene rings is 1. The maximum atomic E-state index is 6.18. The van der Waals surface area contributed by atoms with E-state index >= 15 is 0 Å². The van der Waals surface area contributed by atoms with Crippen molar-refractivity contribution in [3.63, 3.8) is 0 Å². The monoisotopic (exact) mass is 524 g/mol. The van der Waals surface area contributed by atoms with Crippen LogP contribution in [0.4, 0.5) is 5.69 Å². The highest BCUT2D eigenvalue weighted by Crippen LogP contribution is 2.35. The molecule has 8 heteroatoms. The largest absolute Gasteiger partial charge is 0.495 e. The van der Waals surface area contributed by atoms with Gasteiger partial charge in [-0.25, -0.2) is 0 Å². The van der Waals surface area contributed by atoms with E-state index in [0.29, 0.717) is 16.7 Å². The molecule has 3 N–H and O–H groups in total. The second-order valence-electron chi connectivity index (χ2n) is 7.06. The first-order chi connectivity index (χ1) is 12.6. The van der Waals surface area contributed by atoms with Crippen LogP contribution in [0.1, 0.15) is 32.1 Å². The number of nitrogens with two attached hydrogens (primary N) is 1. The third-order valence-electron chi connectivity index (χ3n) is 5.43. The molecule has 27 heavy (non-hydrogen) atoms. The zero-order chi connectivity index (χ0) is 18.4. The highest BCUT2D eigenvalue weighted by molar-refractivity contribution is 14.0. The van der Waals surface area contributed by atoms with Crippen molar-refractivity contribution in [1.82, 2.24) is 4.90 Å². The lowest BCUT2D eigenvalue weighted by Gasteiger charge is -2.47. The van der Waals surface area contributed by atoms with Crippen LogP contribution >= 0.6 is 47.3 Å². The molecule has 0 atom stereocenters. The van der Waals surface area contributed by atoms with Gasteiger partial charge < -0.3 is 15.8 Å². The number of nitrogens with one attached hydrogen (secondary N) is 1. The molecule has 0 aromatic heterocycles. The number of hydrogen-bond acceptors (Lipinski definition) is 4. The molecule has 0 bridgehead atoms. The number of rotatable bonds is 5. The highest BCUT2D eigenvalue weighted by atomic mass is 127. The van der Waals surface area contributed by atoms with Gasteiger partial charge in [0.05, 0.1) is 18.7 Å². The van der Waals surface area contributed by atoms with Gasteiger partial charge in [0, 0.05) is 35.8 Å². The summed E-state index contributed by atoms with van der Waals surface area (Å²) in [5.74, 6) is 3.55. The van der Waals surface area contributed by atoms with Gasteiger partial charge in [-0.05, 0) is 31.0 Å². The Morgan fingerprint density at radius 2 is 2.00 bits per heavy atom. The smallest absolute Gasteiger partial charge is 0.193 e. The molecule has 2 aliphatic rings. The number of anilines is 1. The molecule has 1 aliphatic carbocycles. The Morgan fingerprint density at radius 3 is 2.63 bits per heavy atom.